The number of benzene rings is 3. The predicted octanol–water partition coefficient (Wildman–Crippen LogP) is 5.40. The van der Waals surface area contributed by atoms with Crippen molar-refractivity contribution in [3.63, 3.8) is 0 Å². The number of methoxy groups -OCH3 is 2. The van der Waals surface area contributed by atoms with Crippen LogP contribution in [0.15, 0.2) is 70.1 Å². The summed E-state index contributed by atoms with van der Waals surface area (Å²) in [5.41, 5.74) is 2.22. The summed E-state index contributed by atoms with van der Waals surface area (Å²) in [6.45, 7) is 4.18. The third kappa shape index (κ3) is 5.06. The lowest BCUT2D eigenvalue weighted by Gasteiger charge is -2.29. The molecule has 1 aliphatic heterocycles. The zero-order valence-corrected chi connectivity index (χ0v) is 21.1. The van der Waals surface area contributed by atoms with Gasteiger partial charge in [0.25, 0.3) is 0 Å². The number of hydrogen-bond acceptors (Lipinski definition) is 8. The van der Waals surface area contributed by atoms with Crippen LogP contribution in [0.4, 0.5) is 0 Å². The van der Waals surface area contributed by atoms with Crippen LogP contribution in [0.5, 0.6) is 34.5 Å². The van der Waals surface area contributed by atoms with Crippen molar-refractivity contribution in [1.29, 1.82) is 0 Å². The van der Waals surface area contributed by atoms with Crippen molar-refractivity contribution in [2.45, 2.75) is 19.9 Å². The lowest BCUT2D eigenvalue weighted by atomic mass is 10.1. The fraction of sp³-hybridized carbons (Fsp3) is 0.276. The molecule has 0 N–H and O–H groups in total. The molecule has 0 saturated carbocycles. The van der Waals surface area contributed by atoms with Crippen LogP contribution >= 0.6 is 0 Å². The maximum atomic E-state index is 13.3. The molecular formula is C29H29NO7. The van der Waals surface area contributed by atoms with Gasteiger partial charge in [0.2, 0.25) is 11.2 Å². The Labute approximate surface area is 214 Å². The predicted molar refractivity (Wildman–Crippen MR) is 139 cm³/mol. The second kappa shape index (κ2) is 10.8. The van der Waals surface area contributed by atoms with Crippen molar-refractivity contribution in [2.75, 3.05) is 34.1 Å². The monoisotopic (exact) mass is 503 g/mol. The standard InChI is InChI=1S/C29H29NO7/c1-4-34-24-7-5-6-8-25(24)37-27-17-35-29-20(28(27)31)10-12-22-21(29)16-30(18-36-22)14-13-19-9-11-23(32-2)26(15-19)33-3/h5-12,15,17H,4,13-14,16,18H2,1-3H3. The first-order valence-corrected chi connectivity index (χ1v) is 12.1. The van der Waals surface area contributed by atoms with Crippen LogP contribution < -0.4 is 29.1 Å². The second-order valence-electron chi connectivity index (χ2n) is 8.60. The van der Waals surface area contributed by atoms with Gasteiger partial charge in [0.15, 0.2) is 23.0 Å². The number of rotatable bonds is 9. The smallest absolute Gasteiger partial charge is 0.235 e. The number of ether oxygens (including phenoxy) is 5. The summed E-state index contributed by atoms with van der Waals surface area (Å²) in [4.78, 5) is 15.5. The quantitative estimate of drug-likeness (QED) is 0.301. The van der Waals surface area contributed by atoms with E-state index < -0.39 is 0 Å². The van der Waals surface area contributed by atoms with Crippen LogP contribution in [-0.4, -0.2) is 39.0 Å². The number of para-hydroxylation sites is 2. The van der Waals surface area contributed by atoms with E-state index in [1.54, 1.807) is 32.4 Å². The number of fused-ring (bicyclic) bond motifs is 3. The fourth-order valence-corrected chi connectivity index (χ4v) is 4.40. The Morgan fingerprint density at radius 1 is 0.919 bits per heavy atom. The molecule has 0 radical (unpaired) electrons. The summed E-state index contributed by atoms with van der Waals surface area (Å²) >= 11 is 0. The molecule has 8 nitrogen and oxygen atoms in total. The zero-order valence-electron chi connectivity index (χ0n) is 21.1. The van der Waals surface area contributed by atoms with Crippen LogP contribution in [0, 0.1) is 0 Å². The van der Waals surface area contributed by atoms with E-state index >= 15 is 0 Å². The van der Waals surface area contributed by atoms with Gasteiger partial charge in [-0.2, -0.15) is 0 Å². The topological polar surface area (TPSA) is 79.6 Å². The van der Waals surface area contributed by atoms with Gasteiger partial charge in [0, 0.05) is 13.1 Å². The fourth-order valence-electron chi connectivity index (χ4n) is 4.40. The van der Waals surface area contributed by atoms with E-state index in [0.29, 0.717) is 59.6 Å². The average Bonchev–Trinajstić information content (AvgIpc) is 2.94. The Hall–Kier alpha value is -4.17. The van der Waals surface area contributed by atoms with Gasteiger partial charge in [-0.25, -0.2) is 0 Å². The molecule has 1 aliphatic rings. The van der Waals surface area contributed by atoms with E-state index in [9.17, 15) is 4.79 Å². The number of nitrogens with zero attached hydrogens (tertiary/aromatic N) is 1. The van der Waals surface area contributed by atoms with Gasteiger partial charge in [-0.05, 0) is 55.3 Å². The first-order chi connectivity index (χ1) is 18.1. The Bertz CT molecular complexity index is 1460. The first-order valence-electron chi connectivity index (χ1n) is 12.1. The van der Waals surface area contributed by atoms with E-state index in [0.717, 1.165) is 24.1 Å². The second-order valence-corrected chi connectivity index (χ2v) is 8.60. The van der Waals surface area contributed by atoms with Gasteiger partial charge in [0.1, 0.15) is 24.3 Å². The first kappa shape index (κ1) is 24.5. The van der Waals surface area contributed by atoms with Crippen LogP contribution in [0.25, 0.3) is 11.0 Å². The molecule has 192 valence electrons. The Morgan fingerprint density at radius 3 is 2.51 bits per heavy atom. The van der Waals surface area contributed by atoms with Crippen LogP contribution in [0.1, 0.15) is 18.1 Å². The van der Waals surface area contributed by atoms with Crippen LogP contribution in [-0.2, 0) is 13.0 Å². The lowest BCUT2D eigenvalue weighted by Crippen LogP contribution is -2.33. The van der Waals surface area contributed by atoms with Crippen molar-refractivity contribution in [3.8, 4) is 34.5 Å². The third-order valence-electron chi connectivity index (χ3n) is 6.29. The highest BCUT2D eigenvalue weighted by atomic mass is 16.5. The molecule has 1 aromatic heterocycles. The van der Waals surface area contributed by atoms with Crippen molar-refractivity contribution >= 4 is 11.0 Å². The molecule has 0 unspecified atom stereocenters. The molecule has 0 bridgehead atoms. The molecular weight excluding hydrogens is 474 g/mol. The molecule has 0 saturated heterocycles. The molecule has 5 rings (SSSR count). The van der Waals surface area contributed by atoms with Crippen molar-refractivity contribution < 1.29 is 28.1 Å². The molecule has 4 aromatic rings. The normalized spacial score (nSPS) is 13.1. The van der Waals surface area contributed by atoms with E-state index in [1.165, 1.54) is 6.26 Å². The van der Waals surface area contributed by atoms with Gasteiger partial charge in [-0.3, -0.25) is 9.69 Å². The molecule has 0 aliphatic carbocycles. The van der Waals surface area contributed by atoms with Crippen molar-refractivity contribution in [1.82, 2.24) is 4.90 Å². The summed E-state index contributed by atoms with van der Waals surface area (Å²) in [5, 5.41) is 0.440. The third-order valence-corrected chi connectivity index (χ3v) is 6.29. The van der Waals surface area contributed by atoms with E-state index in [1.807, 2.05) is 43.3 Å². The maximum Gasteiger partial charge on any atom is 0.235 e. The maximum absolute atomic E-state index is 13.3. The summed E-state index contributed by atoms with van der Waals surface area (Å²) < 4.78 is 34.2. The van der Waals surface area contributed by atoms with E-state index in [2.05, 4.69) is 4.90 Å². The zero-order chi connectivity index (χ0) is 25.8. The van der Waals surface area contributed by atoms with E-state index in [4.69, 9.17) is 28.1 Å². The highest BCUT2D eigenvalue weighted by Crippen LogP contribution is 2.35. The molecule has 0 spiro atoms. The molecule has 2 heterocycles. The summed E-state index contributed by atoms with van der Waals surface area (Å²) in [7, 11) is 3.25. The minimum absolute atomic E-state index is 0.0987. The molecule has 0 fully saturated rings. The molecule has 0 atom stereocenters. The van der Waals surface area contributed by atoms with Crippen LogP contribution in [0.2, 0.25) is 0 Å². The van der Waals surface area contributed by atoms with E-state index in [-0.39, 0.29) is 11.2 Å². The minimum atomic E-state index is -0.252. The van der Waals surface area contributed by atoms with Crippen molar-refractivity contribution in [2.24, 2.45) is 0 Å². The Balaban J connectivity index is 1.36. The van der Waals surface area contributed by atoms with Gasteiger partial charge < -0.3 is 28.1 Å². The molecule has 8 heteroatoms. The summed E-state index contributed by atoms with van der Waals surface area (Å²) in [5.74, 6) is 3.24. The molecule has 3 aromatic carbocycles. The lowest BCUT2D eigenvalue weighted by molar-refractivity contribution is 0.0968. The van der Waals surface area contributed by atoms with Gasteiger partial charge >= 0.3 is 0 Å². The van der Waals surface area contributed by atoms with Crippen LogP contribution in [0.3, 0.4) is 0 Å². The Morgan fingerprint density at radius 2 is 1.73 bits per heavy atom. The largest absolute Gasteiger partial charge is 0.493 e. The average molecular weight is 504 g/mol. The van der Waals surface area contributed by atoms with Gasteiger partial charge in [0.05, 0.1) is 31.8 Å². The molecule has 0 amide bonds. The molecule has 37 heavy (non-hydrogen) atoms. The highest BCUT2D eigenvalue weighted by molar-refractivity contribution is 5.83. The number of hydrogen-bond donors (Lipinski definition) is 0. The SMILES string of the molecule is CCOc1ccccc1Oc1coc2c3c(ccc2c1=O)OCN(CCc1ccc(OC)c(OC)c1)C3. The summed E-state index contributed by atoms with van der Waals surface area (Å²) in [6, 6.07) is 16.7. The highest BCUT2D eigenvalue weighted by Gasteiger charge is 2.23. The van der Waals surface area contributed by atoms with Crippen molar-refractivity contribution in [3.05, 3.63) is 82.2 Å². The van der Waals surface area contributed by atoms with Gasteiger partial charge in [-0.15, -0.1) is 0 Å². The minimum Gasteiger partial charge on any atom is -0.493 e. The van der Waals surface area contributed by atoms with Gasteiger partial charge in [-0.1, -0.05) is 18.2 Å². The Kier molecular flexibility index (Phi) is 7.18. The summed E-state index contributed by atoms with van der Waals surface area (Å²) in [6.07, 6.45) is 2.15.